The molecule has 0 bridgehead atoms. The first kappa shape index (κ1) is 62.7. The Balaban J connectivity index is 0. The number of nitrogens with zero attached hydrogens (tertiary/aromatic N) is 1. The van der Waals surface area contributed by atoms with Crippen molar-refractivity contribution in [2.24, 2.45) is 11.8 Å². The molecule has 0 aromatic rings. The van der Waals surface area contributed by atoms with Gasteiger partial charge in [-0.3, -0.25) is 14.4 Å². The predicted octanol–water partition coefficient (Wildman–Crippen LogP) is 14.4. The standard InChI is InChI=1S/C52H101N3O2.2CH2O2/c1-7-11-14-17-21-29-38-49(39-30-22-18-15-12-8-2)40-31-24-20-26-33-44-55(45-34-41-53-51-50(47(5)52(51)56)54-42-46-57-6)43-32-25-19-23-28-37-48(35-10-4)36-27-16-13-9-3;2*2-1-3/h48-49,53-54H,5,7-46H2,1-4,6H3;2*1H,(H,2,3). The molecule has 1 atom stereocenters. The van der Waals surface area contributed by atoms with Crippen molar-refractivity contribution in [3.8, 4) is 0 Å². The summed E-state index contributed by atoms with van der Waals surface area (Å²) in [6, 6.07) is 0. The highest BCUT2D eigenvalue weighted by Crippen LogP contribution is 2.26. The topological polar surface area (TPSA) is 128 Å². The number of unbranched alkanes of at least 4 members (excludes halogenated alkanes) is 21. The van der Waals surface area contributed by atoms with Crippen LogP contribution in [0.3, 0.4) is 0 Å². The third kappa shape index (κ3) is 39.7. The molecule has 4 N–H and O–H groups in total. The van der Waals surface area contributed by atoms with E-state index in [4.69, 9.17) is 24.5 Å². The number of carbonyl (C=O) groups is 3. The van der Waals surface area contributed by atoms with E-state index < -0.39 is 0 Å². The SMILES string of the molecule is C=C1C(=O)C(NCCCN(CCCCCCCC(CCC)CCCCCC)CCCCCCCC(CCCCCCCC)CCCCCCCC)=C1NCCOC.O=CO.O=CO. The van der Waals surface area contributed by atoms with Gasteiger partial charge in [-0.15, -0.1) is 0 Å². The molecule has 63 heavy (non-hydrogen) atoms. The van der Waals surface area contributed by atoms with Crippen LogP contribution >= 0.6 is 0 Å². The number of nitrogens with one attached hydrogen (secondary N) is 2. The molecule has 9 heteroatoms. The highest BCUT2D eigenvalue weighted by Gasteiger charge is 2.31. The van der Waals surface area contributed by atoms with Crippen molar-refractivity contribution < 1.29 is 29.3 Å². The molecule has 0 aliphatic heterocycles. The van der Waals surface area contributed by atoms with Gasteiger partial charge in [0.05, 0.1) is 12.3 Å². The van der Waals surface area contributed by atoms with Crippen LogP contribution in [-0.4, -0.2) is 80.3 Å². The second-order valence-electron chi connectivity index (χ2n) is 18.4. The van der Waals surface area contributed by atoms with E-state index in [9.17, 15) is 4.79 Å². The number of methoxy groups -OCH3 is 1. The minimum atomic E-state index is -0.250. The smallest absolute Gasteiger partial charge is 0.290 e. The lowest BCUT2D eigenvalue weighted by Gasteiger charge is -2.27. The van der Waals surface area contributed by atoms with Crippen molar-refractivity contribution in [3.05, 3.63) is 23.5 Å². The molecule has 0 aromatic carbocycles. The summed E-state index contributed by atoms with van der Waals surface area (Å²) in [5, 5.41) is 20.5. The summed E-state index contributed by atoms with van der Waals surface area (Å²) in [4.78, 5) is 31.9. The van der Waals surface area contributed by atoms with Gasteiger partial charge in [0.2, 0.25) is 5.78 Å². The third-order valence-electron chi connectivity index (χ3n) is 12.9. The summed E-state index contributed by atoms with van der Waals surface area (Å²) < 4.78 is 5.17. The molecule has 0 saturated carbocycles. The van der Waals surface area contributed by atoms with Gasteiger partial charge in [-0.25, -0.2) is 0 Å². The zero-order valence-corrected chi connectivity index (χ0v) is 42.3. The van der Waals surface area contributed by atoms with Crippen LogP contribution in [0.15, 0.2) is 23.5 Å². The maximum absolute atomic E-state index is 12.5. The summed E-state index contributed by atoms with van der Waals surface area (Å²) in [5.41, 5.74) is 2.18. The van der Waals surface area contributed by atoms with E-state index in [0.29, 0.717) is 24.4 Å². The fourth-order valence-electron chi connectivity index (χ4n) is 9.12. The fourth-order valence-corrected chi connectivity index (χ4v) is 9.12. The van der Waals surface area contributed by atoms with Crippen LogP contribution in [0.2, 0.25) is 0 Å². The number of allylic oxidation sites excluding steroid dienone is 2. The lowest BCUT2D eigenvalue weighted by Crippen LogP contribution is -2.40. The lowest BCUT2D eigenvalue weighted by molar-refractivity contribution is -0.123. The van der Waals surface area contributed by atoms with E-state index >= 15 is 0 Å². The molecular formula is C54H105N3O6. The minimum Gasteiger partial charge on any atom is -0.483 e. The molecule has 0 aromatic heterocycles. The molecular weight excluding hydrogens is 787 g/mol. The van der Waals surface area contributed by atoms with Crippen molar-refractivity contribution in [1.29, 1.82) is 0 Å². The zero-order valence-electron chi connectivity index (χ0n) is 42.3. The average Bonchev–Trinajstić information content (AvgIpc) is 3.28. The molecule has 0 radical (unpaired) electrons. The quantitative estimate of drug-likeness (QED) is 0.0268. The molecule has 1 aliphatic carbocycles. The van der Waals surface area contributed by atoms with Crippen LogP contribution in [-0.2, 0) is 19.1 Å². The third-order valence-corrected chi connectivity index (χ3v) is 12.9. The number of carboxylic acid groups (broad SMARTS) is 2. The van der Waals surface area contributed by atoms with Gasteiger partial charge in [-0.1, -0.05) is 233 Å². The lowest BCUT2D eigenvalue weighted by atomic mass is 9.89. The summed E-state index contributed by atoms with van der Waals surface area (Å²) in [7, 11) is 1.70. The molecule has 1 unspecified atom stereocenters. The first-order valence-electron chi connectivity index (χ1n) is 26.7. The van der Waals surface area contributed by atoms with Crippen LogP contribution in [0.4, 0.5) is 0 Å². The Labute approximate surface area is 390 Å². The Kier molecular flexibility index (Phi) is 50.4. The fraction of sp³-hybridized carbons (Fsp3) is 0.870. The van der Waals surface area contributed by atoms with Crippen LogP contribution in [0.25, 0.3) is 0 Å². The Bertz CT molecular complexity index is 1030. The van der Waals surface area contributed by atoms with Crippen molar-refractivity contribution in [3.63, 3.8) is 0 Å². The molecule has 1 rings (SSSR count). The highest BCUT2D eigenvalue weighted by molar-refractivity contribution is 6.18. The van der Waals surface area contributed by atoms with Gasteiger partial charge in [0.25, 0.3) is 12.9 Å². The van der Waals surface area contributed by atoms with Gasteiger partial charge in [-0.05, 0) is 50.7 Å². The Morgan fingerprint density at radius 1 is 0.492 bits per heavy atom. The Hall–Kier alpha value is -2.39. The van der Waals surface area contributed by atoms with Crippen molar-refractivity contribution in [1.82, 2.24) is 15.5 Å². The molecule has 9 nitrogen and oxygen atoms in total. The van der Waals surface area contributed by atoms with E-state index in [-0.39, 0.29) is 18.7 Å². The molecule has 0 spiro atoms. The van der Waals surface area contributed by atoms with E-state index in [1.165, 1.54) is 225 Å². The van der Waals surface area contributed by atoms with E-state index in [2.05, 4.69) is 49.8 Å². The van der Waals surface area contributed by atoms with Gasteiger partial charge in [-0.2, -0.15) is 0 Å². The molecule has 1 aliphatic rings. The number of carbonyl (C=O) groups excluding carboxylic acids is 1. The highest BCUT2D eigenvalue weighted by atomic mass is 16.5. The Morgan fingerprint density at radius 3 is 1.22 bits per heavy atom. The van der Waals surface area contributed by atoms with Gasteiger partial charge < -0.3 is 30.5 Å². The van der Waals surface area contributed by atoms with Crippen molar-refractivity contribution in [2.75, 3.05) is 46.4 Å². The van der Waals surface area contributed by atoms with Gasteiger partial charge in [0.15, 0.2) is 0 Å². The van der Waals surface area contributed by atoms with Gasteiger partial charge >= 0.3 is 0 Å². The molecule has 0 fully saturated rings. The second-order valence-corrected chi connectivity index (χ2v) is 18.4. The predicted molar refractivity (Wildman–Crippen MR) is 270 cm³/mol. The van der Waals surface area contributed by atoms with Crippen molar-refractivity contribution in [2.45, 2.75) is 246 Å². The molecule has 0 heterocycles. The first-order chi connectivity index (χ1) is 30.8. The second kappa shape index (κ2) is 50.6. The summed E-state index contributed by atoms with van der Waals surface area (Å²) in [6.45, 7) is 18.5. The zero-order chi connectivity index (χ0) is 46.9. The maximum Gasteiger partial charge on any atom is 0.290 e. The van der Waals surface area contributed by atoms with Crippen molar-refractivity contribution >= 4 is 18.7 Å². The molecule has 0 saturated heterocycles. The Morgan fingerprint density at radius 2 is 0.825 bits per heavy atom. The van der Waals surface area contributed by atoms with Crippen LogP contribution in [0, 0.1) is 11.8 Å². The number of rotatable bonds is 46. The normalized spacial score (nSPS) is 12.7. The number of hydrogen-bond acceptors (Lipinski definition) is 7. The van der Waals surface area contributed by atoms with Crippen LogP contribution < -0.4 is 10.6 Å². The largest absolute Gasteiger partial charge is 0.483 e. The van der Waals surface area contributed by atoms with Gasteiger partial charge in [0.1, 0.15) is 5.70 Å². The summed E-state index contributed by atoms with van der Waals surface area (Å²) >= 11 is 0. The summed E-state index contributed by atoms with van der Waals surface area (Å²) in [5.74, 6) is 2.00. The van der Waals surface area contributed by atoms with Crippen LogP contribution in [0.5, 0.6) is 0 Å². The summed E-state index contributed by atoms with van der Waals surface area (Å²) in [6.07, 6.45) is 47.8. The molecule has 0 amide bonds. The van der Waals surface area contributed by atoms with Crippen LogP contribution in [0.1, 0.15) is 246 Å². The first-order valence-corrected chi connectivity index (χ1v) is 26.7. The van der Waals surface area contributed by atoms with Gasteiger partial charge in [0, 0.05) is 25.8 Å². The van der Waals surface area contributed by atoms with E-state index in [1.807, 2.05) is 0 Å². The van der Waals surface area contributed by atoms with E-state index in [1.54, 1.807) is 7.11 Å². The average molecular weight is 892 g/mol. The number of ketones is 1. The monoisotopic (exact) mass is 892 g/mol. The maximum atomic E-state index is 12.5. The number of hydrogen-bond donors (Lipinski definition) is 4. The number of ether oxygens (including phenoxy) is 1. The number of Topliss-reactive ketones (excluding diaryl/α,β-unsaturated/α-hetero) is 1. The van der Waals surface area contributed by atoms with E-state index in [0.717, 1.165) is 37.0 Å². The minimum absolute atomic E-state index is 0.0559. The molecule has 372 valence electrons.